The summed E-state index contributed by atoms with van der Waals surface area (Å²) < 4.78 is 5.37. The van der Waals surface area contributed by atoms with Crippen LogP contribution in [0.3, 0.4) is 0 Å². The maximum absolute atomic E-state index is 12.1. The molecule has 126 valence electrons. The smallest absolute Gasteiger partial charge is 0.410 e. The summed E-state index contributed by atoms with van der Waals surface area (Å²) in [7, 11) is 0. The Morgan fingerprint density at radius 2 is 1.86 bits per heavy atom. The first kappa shape index (κ1) is 20.2. The molecule has 2 N–H and O–H groups in total. The predicted molar refractivity (Wildman–Crippen MR) is 86.4 cm³/mol. The summed E-state index contributed by atoms with van der Waals surface area (Å²) in [6.07, 6.45) is 0.184. The summed E-state index contributed by atoms with van der Waals surface area (Å²) in [5.74, 6) is 0.594. The molecule has 0 radical (unpaired) electrons. The van der Waals surface area contributed by atoms with Crippen molar-refractivity contribution in [2.45, 2.75) is 72.6 Å². The van der Waals surface area contributed by atoms with Crippen LogP contribution in [0.5, 0.6) is 0 Å². The average molecular weight is 302 g/mol. The molecule has 3 atom stereocenters. The van der Waals surface area contributed by atoms with E-state index in [-0.39, 0.29) is 12.6 Å². The first-order valence-corrected chi connectivity index (χ1v) is 7.96. The molecule has 0 aliphatic heterocycles. The van der Waals surface area contributed by atoms with Crippen LogP contribution in [0.2, 0.25) is 0 Å². The molecule has 0 bridgehead atoms. The van der Waals surface area contributed by atoms with Crippen LogP contribution in [0.4, 0.5) is 4.79 Å². The number of hydrogen-bond acceptors (Lipinski definition) is 4. The molecule has 0 aromatic rings. The van der Waals surface area contributed by atoms with Crippen molar-refractivity contribution < 1.29 is 14.6 Å². The Kier molecular flexibility index (Phi) is 8.90. The molecule has 0 heterocycles. The zero-order chi connectivity index (χ0) is 16.6. The molecule has 0 aliphatic rings. The van der Waals surface area contributed by atoms with Crippen LogP contribution in [0.25, 0.3) is 0 Å². The van der Waals surface area contributed by atoms with Crippen LogP contribution < -0.4 is 5.32 Å². The number of nitrogens with one attached hydrogen (secondary N) is 1. The molecular weight excluding hydrogens is 268 g/mol. The first-order chi connectivity index (χ1) is 9.56. The molecule has 0 saturated carbocycles. The Hall–Kier alpha value is -0.810. The van der Waals surface area contributed by atoms with Gasteiger partial charge in [-0.15, -0.1) is 0 Å². The molecule has 0 aromatic carbocycles. The SMILES string of the molecule is CCC(C)C(C)NCCN(CC(C)O)C(=O)OC(C)(C)C. The Morgan fingerprint density at radius 3 is 2.29 bits per heavy atom. The summed E-state index contributed by atoms with van der Waals surface area (Å²) in [6.45, 7) is 15.2. The third kappa shape index (κ3) is 9.69. The van der Waals surface area contributed by atoms with Gasteiger partial charge in [0.2, 0.25) is 0 Å². The third-order valence-electron chi connectivity index (χ3n) is 3.48. The van der Waals surface area contributed by atoms with Gasteiger partial charge in [-0.1, -0.05) is 20.3 Å². The van der Waals surface area contributed by atoms with Gasteiger partial charge in [0.15, 0.2) is 0 Å². The van der Waals surface area contributed by atoms with E-state index in [4.69, 9.17) is 4.74 Å². The number of aliphatic hydroxyl groups is 1. The molecule has 3 unspecified atom stereocenters. The number of aliphatic hydroxyl groups excluding tert-OH is 1. The van der Waals surface area contributed by atoms with Crippen LogP contribution in [0, 0.1) is 5.92 Å². The fourth-order valence-electron chi connectivity index (χ4n) is 1.88. The van der Waals surface area contributed by atoms with Gasteiger partial charge in [0, 0.05) is 25.7 Å². The molecule has 0 aliphatic carbocycles. The first-order valence-electron chi connectivity index (χ1n) is 7.96. The zero-order valence-corrected chi connectivity index (χ0v) is 14.8. The van der Waals surface area contributed by atoms with Gasteiger partial charge in [-0.05, 0) is 40.5 Å². The summed E-state index contributed by atoms with van der Waals surface area (Å²) >= 11 is 0. The van der Waals surface area contributed by atoms with Gasteiger partial charge in [-0.2, -0.15) is 0 Å². The van der Waals surface area contributed by atoms with E-state index in [9.17, 15) is 9.90 Å². The van der Waals surface area contributed by atoms with Crippen molar-refractivity contribution in [3.63, 3.8) is 0 Å². The molecule has 0 aromatic heterocycles. The second-order valence-corrected chi connectivity index (χ2v) is 6.90. The Bertz CT molecular complexity index is 300. The van der Waals surface area contributed by atoms with E-state index in [1.165, 1.54) is 0 Å². The van der Waals surface area contributed by atoms with Crippen molar-refractivity contribution in [1.82, 2.24) is 10.2 Å². The fraction of sp³-hybridized carbons (Fsp3) is 0.938. The summed E-state index contributed by atoms with van der Waals surface area (Å²) in [4.78, 5) is 13.7. The number of carbonyl (C=O) groups is 1. The van der Waals surface area contributed by atoms with Crippen molar-refractivity contribution in [2.75, 3.05) is 19.6 Å². The number of rotatable bonds is 8. The number of nitrogens with zero attached hydrogens (tertiary/aromatic N) is 1. The highest BCUT2D eigenvalue weighted by atomic mass is 16.6. The highest BCUT2D eigenvalue weighted by molar-refractivity contribution is 5.68. The molecule has 0 spiro atoms. The molecule has 0 rings (SSSR count). The highest BCUT2D eigenvalue weighted by Gasteiger charge is 2.23. The molecule has 21 heavy (non-hydrogen) atoms. The minimum atomic E-state index is -0.565. The van der Waals surface area contributed by atoms with Gasteiger partial charge in [0.1, 0.15) is 5.60 Å². The normalized spacial score (nSPS) is 16.2. The van der Waals surface area contributed by atoms with Gasteiger partial charge in [-0.25, -0.2) is 4.79 Å². The van der Waals surface area contributed by atoms with Gasteiger partial charge in [0.05, 0.1) is 6.10 Å². The maximum Gasteiger partial charge on any atom is 0.410 e. The van der Waals surface area contributed by atoms with Crippen LogP contribution in [0.15, 0.2) is 0 Å². The highest BCUT2D eigenvalue weighted by Crippen LogP contribution is 2.10. The van der Waals surface area contributed by atoms with Crippen molar-refractivity contribution in [1.29, 1.82) is 0 Å². The summed E-state index contributed by atoms with van der Waals surface area (Å²) in [5, 5.41) is 13.0. The van der Waals surface area contributed by atoms with Gasteiger partial charge >= 0.3 is 6.09 Å². The second kappa shape index (κ2) is 9.26. The number of hydrogen-bond donors (Lipinski definition) is 2. The molecule has 5 nitrogen and oxygen atoms in total. The number of ether oxygens (including phenoxy) is 1. The quantitative estimate of drug-likeness (QED) is 0.723. The number of carbonyl (C=O) groups excluding carboxylic acids is 1. The van der Waals surface area contributed by atoms with E-state index in [0.29, 0.717) is 25.0 Å². The Balaban J connectivity index is 4.40. The lowest BCUT2D eigenvalue weighted by Crippen LogP contribution is -2.45. The van der Waals surface area contributed by atoms with Crippen LogP contribution in [-0.4, -0.2) is 53.5 Å². The topological polar surface area (TPSA) is 61.8 Å². The van der Waals surface area contributed by atoms with E-state index in [1.807, 2.05) is 20.8 Å². The van der Waals surface area contributed by atoms with E-state index >= 15 is 0 Å². The zero-order valence-electron chi connectivity index (χ0n) is 14.8. The average Bonchev–Trinajstić information content (AvgIpc) is 2.33. The van der Waals surface area contributed by atoms with Gasteiger partial charge in [0.25, 0.3) is 0 Å². The van der Waals surface area contributed by atoms with Gasteiger partial charge in [-0.3, -0.25) is 0 Å². The van der Waals surface area contributed by atoms with E-state index in [0.717, 1.165) is 6.42 Å². The van der Waals surface area contributed by atoms with E-state index < -0.39 is 11.7 Å². The summed E-state index contributed by atoms with van der Waals surface area (Å²) in [5.41, 5.74) is -0.522. The molecule has 5 heteroatoms. The standard InChI is InChI=1S/C16H34N2O3/c1-8-12(2)14(4)17-9-10-18(11-13(3)19)15(20)21-16(5,6)7/h12-14,17,19H,8-11H2,1-7H3. The molecule has 0 saturated heterocycles. The van der Waals surface area contributed by atoms with Crippen LogP contribution in [-0.2, 0) is 4.74 Å². The lowest BCUT2D eigenvalue weighted by Gasteiger charge is -2.29. The second-order valence-electron chi connectivity index (χ2n) is 6.90. The minimum Gasteiger partial charge on any atom is -0.444 e. The van der Waals surface area contributed by atoms with Crippen molar-refractivity contribution in [2.24, 2.45) is 5.92 Å². The molecule has 1 amide bonds. The third-order valence-corrected chi connectivity index (χ3v) is 3.48. The fourth-order valence-corrected chi connectivity index (χ4v) is 1.88. The maximum atomic E-state index is 12.1. The summed E-state index contributed by atoms with van der Waals surface area (Å²) in [6, 6.07) is 0.405. The Labute approximate surface area is 130 Å². The largest absolute Gasteiger partial charge is 0.444 e. The Morgan fingerprint density at radius 1 is 1.29 bits per heavy atom. The number of amides is 1. The van der Waals surface area contributed by atoms with E-state index in [2.05, 4.69) is 26.1 Å². The van der Waals surface area contributed by atoms with Gasteiger partial charge < -0.3 is 20.1 Å². The predicted octanol–water partition coefficient (Wildman–Crippen LogP) is 2.63. The minimum absolute atomic E-state index is 0.286. The lowest BCUT2D eigenvalue weighted by molar-refractivity contribution is 0.0162. The monoisotopic (exact) mass is 302 g/mol. The van der Waals surface area contributed by atoms with Crippen molar-refractivity contribution >= 4 is 6.09 Å². The lowest BCUT2D eigenvalue weighted by atomic mass is 10.0. The van der Waals surface area contributed by atoms with Crippen LogP contribution >= 0.6 is 0 Å². The molecule has 0 fully saturated rings. The van der Waals surface area contributed by atoms with Crippen molar-refractivity contribution in [3.8, 4) is 0 Å². The molecular formula is C16H34N2O3. The van der Waals surface area contributed by atoms with E-state index in [1.54, 1.807) is 11.8 Å². The van der Waals surface area contributed by atoms with Crippen molar-refractivity contribution in [3.05, 3.63) is 0 Å². The van der Waals surface area contributed by atoms with Crippen LogP contribution in [0.1, 0.15) is 54.9 Å².